The molecule has 4 rings (SSSR count). The van der Waals surface area contributed by atoms with Gasteiger partial charge in [0.15, 0.2) is 0 Å². The quantitative estimate of drug-likeness (QED) is 0.371. The molecule has 0 unspecified atom stereocenters. The molecular formula is C29H36N6O2. The molecule has 8 nitrogen and oxygen atoms in total. The summed E-state index contributed by atoms with van der Waals surface area (Å²) in [6.45, 7) is 4.82. The van der Waals surface area contributed by atoms with Gasteiger partial charge in [0, 0.05) is 42.6 Å². The van der Waals surface area contributed by atoms with E-state index in [-0.39, 0.29) is 29.7 Å². The molecule has 2 amide bonds. The van der Waals surface area contributed by atoms with Crippen LogP contribution in [0.4, 0.5) is 17.5 Å². The van der Waals surface area contributed by atoms with E-state index >= 15 is 0 Å². The Balaban J connectivity index is 1.42. The molecule has 37 heavy (non-hydrogen) atoms. The summed E-state index contributed by atoms with van der Waals surface area (Å²) < 4.78 is 0. The van der Waals surface area contributed by atoms with Gasteiger partial charge in [-0.3, -0.25) is 9.59 Å². The van der Waals surface area contributed by atoms with Gasteiger partial charge in [-0.25, -0.2) is 4.98 Å². The molecular weight excluding hydrogens is 464 g/mol. The summed E-state index contributed by atoms with van der Waals surface area (Å²) in [7, 11) is 1.82. The summed E-state index contributed by atoms with van der Waals surface area (Å²) in [6, 6.07) is 17.4. The lowest BCUT2D eigenvalue weighted by atomic mass is 10.0. The standard InChI is InChI=1S/C29H36N6O2/c1-19(2)24-18-31-29(34-27(24)33-25-11-7-10-23(25)26(30)36)32-22-14-12-21(13-15-22)28(37)35(3)17-16-20-8-5-4-6-9-20/h4-6,8-9,12-15,18-19,23,25H,7,10-11,16-17H2,1-3H3,(H2,30,36)(H2,31,32,33,34)/t23-,25+/m0/s1. The van der Waals surface area contributed by atoms with Gasteiger partial charge in [-0.1, -0.05) is 50.6 Å². The van der Waals surface area contributed by atoms with E-state index in [1.54, 1.807) is 17.0 Å². The van der Waals surface area contributed by atoms with Crippen molar-refractivity contribution in [3.05, 3.63) is 77.5 Å². The van der Waals surface area contributed by atoms with Crippen molar-refractivity contribution in [1.82, 2.24) is 14.9 Å². The van der Waals surface area contributed by atoms with Crippen LogP contribution in [0.3, 0.4) is 0 Å². The highest BCUT2D eigenvalue weighted by atomic mass is 16.2. The minimum Gasteiger partial charge on any atom is -0.369 e. The van der Waals surface area contributed by atoms with Crippen molar-refractivity contribution in [2.75, 3.05) is 24.2 Å². The van der Waals surface area contributed by atoms with Crippen molar-refractivity contribution in [2.24, 2.45) is 11.7 Å². The Morgan fingerprint density at radius 3 is 2.49 bits per heavy atom. The SMILES string of the molecule is CC(C)c1cnc(Nc2ccc(C(=O)N(C)CCc3ccccc3)cc2)nc1N[C@@H]1CCC[C@@H]1C(N)=O. The molecule has 1 fully saturated rings. The number of primary amides is 1. The number of amides is 2. The van der Waals surface area contributed by atoms with Crippen molar-refractivity contribution < 1.29 is 9.59 Å². The van der Waals surface area contributed by atoms with Gasteiger partial charge in [-0.2, -0.15) is 4.98 Å². The average molecular weight is 501 g/mol. The van der Waals surface area contributed by atoms with Crippen molar-refractivity contribution in [3.8, 4) is 0 Å². The first-order valence-corrected chi connectivity index (χ1v) is 12.9. The van der Waals surface area contributed by atoms with Gasteiger partial charge in [0.05, 0.1) is 5.92 Å². The summed E-state index contributed by atoms with van der Waals surface area (Å²) in [4.78, 5) is 35.7. The zero-order chi connectivity index (χ0) is 26.4. The molecule has 3 aromatic rings. The van der Waals surface area contributed by atoms with Gasteiger partial charge < -0.3 is 21.3 Å². The molecule has 0 bridgehead atoms. The van der Waals surface area contributed by atoms with E-state index < -0.39 is 0 Å². The van der Waals surface area contributed by atoms with Gasteiger partial charge in [0.1, 0.15) is 5.82 Å². The number of nitrogens with one attached hydrogen (secondary N) is 2. The highest BCUT2D eigenvalue weighted by molar-refractivity contribution is 5.94. The number of anilines is 3. The maximum Gasteiger partial charge on any atom is 0.253 e. The molecule has 2 atom stereocenters. The topological polar surface area (TPSA) is 113 Å². The number of benzene rings is 2. The number of carbonyl (C=O) groups is 2. The van der Waals surface area contributed by atoms with Crippen LogP contribution in [-0.2, 0) is 11.2 Å². The second kappa shape index (κ2) is 11.9. The van der Waals surface area contributed by atoms with Crippen LogP contribution in [0.2, 0.25) is 0 Å². The predicted molar refractivity (Wildman–Crippen MR) is 147 cm³/mol. The number of hydrogen-bond donors (Lipinski definition) is 3. The fourth-order valence-corrected chi connectivity index (χ4v) is 4.73. The third kappa shape index (κ3) is 6.64. The summed E-state index contributed by atoms with van der Waals surface area (Å²) >= 11 is 0. The summed E-state index contributed by atoms with van der Waals surface area (Å²) in [6.07, 6.45) is 5.27. The van der Waals surface area contributed by atoms with Crippen LogP contribution in [0, 0.1) is 5.92 Å². The van der Waals surface area contributed by atoms with E-state index in [0.29, 0.717) is 18.1 Å². The largest absolute Gasteiger partial charge is 0.369 e. The van der Waals surface area contributed by atoms with Crippen LogP contribution in [0.1, 0.15) is 60.5 Å². The number of hydrogen-bond acceptors (Lipinski definition) is 6. The molecule has 4 N–H and O–H groups in total. The maximum absolute atomic E-state index is 12.9. The van der Waals surface area contributed by atoms with Gasteiger partial charge in [0.2, 0.25) is 11.9 Å². The Labute approximate surface area is 218 Å². The molecule has 1 saturated carbocycles. The fourth-order valence-electron chi connectivity index (χ4n) is 4.73. The number of carbonyl (C=O) groups excluding carboxylic acids is 2. The van der Waals surface area contributed by atoms with E-state index in [2.05, 4.69) is 41.6 Å². The summed E-state index contributed by atoms with van der Waals surface area (Å²) in [5.41, 5.74) is 9.21. The van der Waals surface area contributed by atoms with Crippen molar-refractivity contribution in [3.63, 3.8) is 0 Å². The lowest BCUT2D eigenvalue weighted by Crippen LogP contribution is -2.34. The van der Waals surface area contributed by atoms with E-state index in [9.17, 15) is 9.59 Å². The highest BCUT2D eigenvalue weighted by Gasteiger charge is 2.32. The first-order chi connectivity index (χ1) is 17.8. The Kier molecular flexibility index (Phi) is 8.38. The molecule has 0 radical (unpaired) electrons. The molecule has 8 heteroatoms. The van der Waals surface area contributed by atoms with Crippen LogP contribution >= 0.6 is 0 Å². The zero-order valence-corrected chi connectivity index (χ0v) is 21.8. The van der Waals surface area contributed by atoms with E-state index in [1.165, 1.54) is 5.56 Å². The summed E-state index contributed by atoms with van der Waals surface area (Å²) in [5, 5.41) is 6.70. The molecule has 1 aliphatic carbocycles. The van der Waals surface area contributed by atoms with Gasteiger partial charge >= 0.3 is 0 Å². The third-order valence-corrected chi connectivity index (χ3v) is 6.96. The van der Waals surface area contributed by atoms with Crippen LogP contribution in [0.15, 0.2) is 60.8 Å². The number of likely N-dealkylation sites (N-methyl/N-ethyl adjacent to an activating group) is 1. The van der Waals surface area contributed by atoms with E-state index in [4.69, 9.17) is 10.7 Å². The van der Waals surface area contributed by atoms with Crippen LogP contribution < -0.4 is 16.4 Å². The number of aromatic nitrogens is 2. The smallest absolute Gasteiger partial charge is 0.253 e. The first kappa shape index (κ1) is 26.1. The third-order valence-electron chi connectivity index (χ3n) is 6.96. The number of rotatable bonds is 10. The molecule has 0 saturated heterocycles. The Hall–Kier alpha value is -3.94. The van der Waals surface area contributed by atoms with Crippen molar-refractivity contribution >= 4 is 29.3 Å². The van der Waals surface area contributed by atoms with Crippen LogP contribution in [0.25, 0.3) is 0 Å². The van der Waals surface area contributed by atoms with Crippen LogP contribution in [-0.4, -0.2) is 46.3 Å². The zero-order valence-electron chi connectivity index (χ0n) is 21.8. The minimum atomic E-state index is -0.270. The first-order valence-electron chi connectivity index (χ1n) is 12.9. The Bertz CT molecular complexity index is 1210. The molecule has 1 heterocycles. The molecule has 2 aromatic carbocycles. The van der Waals surface area contributed by atoms with Gasteiger partial charge in [-0.05, 0) is 55.0 Å². The second-order valence-electron chi connectivity index (χ2n) is 10.0. The minimum absolute atomic E-state index is 0.0212. The second-order valence-corrected chi connectivity index (χ2v) is 10.0. The highest BCUT2D eigenvalue weighted by Crippen LogP contribution is 2.31. The molecule has 0 aliphatic heterocycles. The molecule has 1 aromatic heterocycles. The Morgan fingerprint density at radius 2 is 1.81 bits per heavy atom. The van der Waals surface area contributed by atoms with Crippen molar-refractivity contribution in [1.29, 1.82) is 0 Å². The molecule has 1 aliphatic rings. The van der Waals surface area contributed by atoms with Crippen LogP contribution in [0.5, 0.6) is 0 Å². The monoisotopic (exact) mass is 500 g/mol. The van der Waals surface area contributed by atoms with E-state index in [1.807, 2.05) is 43.6 Å². The number of nitrogens with two attached hydrogens (primary N) is 1. The molecule has 194 valence electrons. The summed E-state index contributed by atoms with van der Waals surface area (Å²) in [5.74, 6) is 0.898. The Morgan fingerprint density at radius 1 is 1.08 bits per heavy atom. The average Bonchev–Trinajstić information content (AvgIpc) is 3.36. The van der Waals surface area contributed by atoms with Crippen molar-refractivity contribution in [2.45, 2.75) is 51.5 Å². The normalized spacial score (nSPS) is 17.0. The fraction of sp³-hybridized carbons (Fsp3) is 0.379. The van der Waals surface area contributed by atoms with Gasteiger partial charge in [0.25, 0.3) is 5.91 Å². The maximum atomic E-state index is 12.9. The van der Waals surface area contributed by atoms with E-state index in [0.717, 1.165) is 42.8 Å². The van der Waals surface area contributed by atoms with Gasteiger partial charge in [-0.15, -0.1) is 0 Å². The lowest BCUT2D eigenvalue weighted by molar-refractivity contribution is -0.121. The predicted octanol–water partition coefficient (Wildman–Crippen LogP) is 4.72. The molecule has 0 spiro atoms. The lowest BCUT2D eigenvalue weighted by Gasteiger charge is -2.22. The number of nitrogens with zero attached hydrogens (tertiary/aromatic N) is 3.